The molecule has 0 aliphatic carbocycles. The van der Waals surface area contributed by atoms with E-state index in [1.54, 1.807) is 23.3 Å². The summed E-state index contributed by atoms with van der Waals surface area (Å²) in [4.78, 5) is 3.78. The van der Waals surface area contributed by atoms with Crippen LogP contribution in [0.15, 0.2) is 25.3 Å². The second-order valence-electron chi connectivity index (χ2n) is 2.33. The number of halogens is 1. The van der Waals surface area contributed by atoms with Crippen molar-refractivity contribution in [2.24, 2.45) is 5.73 Å². The molecule has 0 fully saturated rings. The Morgan fingerprint density at radius 3 is 2.46 bits per heavy atom. The van der Waals surface area contributed by atoms with Crippen LogP contribution >= 0.6 is 17.0 Å². The van der Waals surface area contributed by atoms with Gasteiger partial charge in [-0.2, -0.15) is 0 Å². The highest BCUT2D eigenvalue weighted by molar-refractivity contribution is 8.93. The average Bonchev–Trinajstić information content (AvgIpc) is 2.58. The van der Waals surface area contributed by atoms with Gasteiger partial charge in [0.25, 0.3) is 0 Å². The van der Waals surface area contributed by atoms with E-state index in [0.29, 0.717) is 0 Å². The molecule has 0 amide bonds. The normalized spacial score (nSPS) is 7.85. The SMILES string of the molecule is Br.C=Cn1ccnc1.CCCCN. The lowest BCUT2D eigenvalue weighted by Gasteiger charge is -1.80. The van der Waals surface area contributed by atoms with Crippen LogP contribution in [0.3, 0.4) is 0 Å². The molecule has 0 unspecified atom stereocenters. The summed E-state index contributed by atoms with van der Waals surface area (Å²) in [7, 11) is 0. The first-order valence-corrected chi connectivity index (χ1v) is 4.15. The number of hydrogen-bond acceptors (Lipinski definition) is 2. The maximum Gasteiger partial charge on any atom is 0.0986 e. The van der Waals surface area contributed by atoms with E-state index in [4.69, 9.17) is 5.73 Å². The summed E-state index contributed by atoms with van der Waals surface area (Å²) >= 11 is 0. The number of imidazole rings is 1. The Kier molecular flexibility index (Phi) is 13.0. The van der Waals surface area contributed by atoms with E-state index in [1.165, 1.54) is 12.8 Å². The van der Waals surface area contributed by atoms with Crippen molar-refractivity contribution in [3.05, 3.63) is 25.3 Å². The smallest absolute Gasteiger partial charge is 0.0986 e. The number of rotatable bonds is 3. The van der Waals surface area contributed by atoms with Gasteiger partial charge in [0.2, 0.25) is 0 Å². The maximum absolute atomic E-state index is 5.14. The Morgan fingerprint density at radius 1 is 1.62 bits per heavy atom. The van der Waals surface area contributed by atoms with Crippen molar-refractivity contribution in [3.8, 4) is 0 Å². The van der Waals surface area contributed by atoms with Crippen LogP contribution < -0.4 is 5.73 Å². The summed E-state index contributed by atoms with van der Waals surface area (Å²) in [5.74, 6) is 0. The van der Waals surface area contributed by atoms with Gasteiger partial charge in [-0.05, 0) is 13.0 Å². The predicted molar refractivity (Wildman–Crippen MR) is 62.9 cm³/mol. The molecule has 0 aromatic carbocycles. The lowest BCUT2D eigenvalue weighted by molar-refractivity contribution is 0.807. The quantitative estimate of drug-likeness (QED) is 0.891. The molecule has 0 saturated heterocycles. The number of aromatic nitrogens is 2. The van der Waals surface area contributed by atoms with Crippen LogP contribution in [0.4, 0.5) is 0 Å². The summed E-state index contributed by atoms with van der Waals surface area (Å²) in [6.45, 7) is 6.50. The molecular formula is C9H18BrN3. The first-order chi connectivity index (χ1) is 5.85. The van der Waals surface area contributed by atoms with Crippen LogP contribution in [-0.4, -0.2) is 16.1 Å². The van der Waals surface area contributed by atoms with E-state index in [1.807, 2.05) is 6.20 Å². The Hall–Kier alpha value is -0.610. The minimum absolute atomic E-state index is 0. The second-order valence-corrected chi connectivity index (χ2v) is 2.33. The molecule has 0 radical (unpaired) electrons. The summed E-state index contributed by atoms with van der Waals surface area (Å²) in [5.41, 5.74) is 5.14. The van der Waals surface area contributed by atoms with Crippen molar-refractivity contribution < 1.29 is 0 Å². The van der Waals surface area contributed by atoms with Gasteiger partial charge in [-0.15, -0.1) is 17.0 Å². The van der Waals surface area contributed by atoms with Gasteiger partial charge in [0.05, 0.1) is 6.33 Å². The van der Waals surface area contributed by atoms with E-state index in [9.17, 15) is 0 Å². The van der Waals surface area contributed by atoms with E-state index in [-0.39, 0.29) is 17.0 Å². The third-order valence-electron chi connectivity index (χ3n) is 1.29. The summed E-state index contributed by atoms with van der Waals surface area (Å²) in [6, 6.07) is 0. The Balaban J connectivity index is 0. The lowest BCUT2D eigenvalue weighted by Crippen LogP contribution is -1.95. The van der Waals surface area contributed by atoms with E-state index >= 15 is 0 Å². The van der Waals surface area contributed by atoms with Gasteiger partial charge in [0.1, 0.15) is 0 Å². The molecule has 0 spiro atoms. The largest absolute Gasteiger partial charge is 0.330 e. The fraction of sp³-hybridized carbons (Fsp3) is 0.444. The molecule has 0 saturated carbocycles. The average molecular weight is 248 g/mol. The van der Waals surface area contributed by atoms with Crippen LogP contribution in [0.25, 0.3) is 6.20 Å². The third-order valence-corrected chi connectivity index (χ3v) is 1.29. The zero-order valence-corrected chi connectivity index (χ0v) is 9.73. The fourth-order valence-corrected chi connectivity index (χ4v) is 0.582. The third kappa shape index (κ3) is 9.30. The maximum atomic E-state index is 5.14. The van der Waals surface area contributed by atoms with Crippen molar-refractivity contribution in [2.45, 2.75) is 19.8 Å². The second kappa shape index (κ2) is 11.4. The molecule has 1 aromatic rings. The molecule has 2 N–H and O–H groups in total. The zero-order chi connectivity index (χ0) is 9.23. The predicted octanol–water partition coefficient (Wildman–Crippen LogP) is 2.31. The minimum Gasteiger partial charge on any atom is -0.330 e. The molecule has 1 aromatic heterocycles. The Morgan fingerprint density at radius 2 is 2.31 bits per heavy atom. The summed E-state index contributed by atoms with van der Waals surface area (Å²) in [5, 5.41) is 0. The van der Waals surface area contributed by atoms with Gasteiger partial charge in [-0.25, -0.2) is 4.98 Å². The first-order valence-electron chi connectivity index (χ1n) is 4.15. The Labute approximate surface area is 90.4 Å². The minimum atomic E-state index is 0. The van der Waals surface area contributed by atoms with Gasteiger partial charge in [0, 0.05) is 18.6 Å². The van der Waals surface area contributed by atoms with E-state index in [0.717, 1.165) is 6.54 Å². The van der Waals surface area contributed by atoms with E-state index < -0.39 is 0 Å². The number of hydrogen-bond donors (Lipinski definition) is 1. The van der Waals surface area contributed by atoms with Crippen molar-refractivity contribution >= 4 is 23.2 Å². The molecule has 76 valence electrons. The monoisotopic (exact) mass is 247 g/mol. The molecule has 1 heterocycles. The molecule has 0 aliphatic rings. The number of nitrogens with two attached hydrogens (primary N) is 1. The molecule has 0 atom stereocenters. The van der Waals surface area contributed by atoms with Gasteiger partial charge >= 0.3 is 0 Å². The molecule has 0 aliphatic heterocycles. The van der Waals surface area contributed by atoms with Crippen LogP contribution in [0.5, 0.6) is 0 Å². The summed E-state index contributed by atoms with van der Waals surface area (Å²) in [6.07, 6.45) is 9.30. The van der Waals surface area contributed by atoms with Crippen molar-refractivity contribution in [1.82, 2.24) is 9.55 Å². The van der Waals surface area contributed by atoms with Crippen LogP contribution in [0.2, 0.25) is 0 Å². The van der Waals surface area contributed by atoms with E-state index in [2.05, 4.69) is 18.5 Å². The van der Waals surface area contributed by atoms with Gasteiger partial charge in [-0.3, -0.25) is 0 Å². The summed E-state index contributed by atoms with van der Waals surface area (Å²) < 4.78 is 1.78. The van der Waals surface area contributed by atoms with Crippen LogP contribution in [-0.2, 0) is 0 Å². The lowest BCUT2D eigenvalue weighted by atomic mass is 10.3. The standard InChI is InChI=1S/C5H6N2.C4H11N.BrH/c1-2-7-4-3-6-5-7;1-2-3-4-5;/h2-5H,1H2;2-5H2,1H3;1H. The molecular weight excluding hydrogens is 230 g/mol. The van der Waals surface area contributed by atoms with Crippen molar-refractivity contribution in [2.75, 3.05) is 6.54 Å². The van der Waals surface area contributed by atoms with Gasteiger partial charge in [-0.1, -0.05) is 19.9 Å². The number of nitrogens with zero attached hydrogens (tertiary/aromatic N) is 2. The van der Waals surface area contributed by atoms with Gasteiger partial charge in [0.15, 0.2) is 0 Å². The molecule has 0 bridgehead atoms. The topological polar surface area (TPSA) is 43.8 Å². The molecule has 4 heteroatoms. The van der Waals surface area contributed by atoms with Crippen LogP contribution in [0, 0.1) is 0 Å². The molecule has 3 nitrogen and oxygen atoms in total. The molecule has 1 rings (SSSR count). The van der Waals surface area contributed by atoms with Crippen molar-refractivity contribution in [1.29, 1.82) is 0 Å². The van der Waals surface area contributed by atoms with Gasteiger partial charge < -0.3 is 10.3 Å². The fourth-order valence-electron chi connectivity index (χ4n) is 0.582. The highest BCUT2D eigenvalue weighted by Gasteiger charge is 1.73. The highest BCUT2D eigenvalue weighted by atomic mass is 79.9. The zero-order valence-electron chi connectivity index (χ0n) is 8.02. The first kappa shape index (κ1) is 14.9. The van der Waals surface area contributed by atoms with Crippen LogP contribution in [0.1, 0.15) is 19.8 Å². The van der Waals surface area contributed by atoms with Crippen molar-refractivity contribution in [3.63, 3.8) is 0 Å². The number of unbranched alkanes of at least 4 members (excludes halogenated alkanes) is 1. The Bertz CT molecular complexity index is 183. The molecule has 13 heavy (non-hydrogen) atoms. The highest BCUT2D eigenvalue weighted by Crippen LogP contribution is 1.81.